The Morgan fingerprint density at radius 1 is 1.16 bits per heavy atom. The molecule has 234 valence electrons. The number of ether oxygens (including phenoxy) is 1. The second kappa shape index (κ2) is 10.1. The molecule has 3 aromatic heterocycles. The molecular weight excluding hydrogens is 611 g/mol. The van der Waals surface area contributed by atoms with Crippen LogP contribution in [-0.2, 0) is 20.6 Å². The molecule has 2 saturated carbocycles. The van der Waals surface area contributed by atoms with Gasteiger partial charge in [-0.05, 0) is 56.4 Å². The molecule has 4 heterocycles. The number of imidazole rings is 1. The molecule has 5 aromatic rings. The molecule has 1 unspecified atom stereocenters. The monoisotopic (exact) mass is 646 g/mol. The third-order valence-corrected chi connectivity index (χ3v) is 11.0. The number of nitrogens with one attached hydrogen (secondary N) is 1. The first-order valence-corrected chi connectivity index (χ1v) is 16.2. The predicted octanol–water partition coefficient (Wildman–Crippen LogP) is 5.74. The van der Waals surface area contributed by atoms with Gasteiger partial charge in [0.05, 0.1) is 40.9 Å². The van der Waals surface area contributed by atoms with E-state index in [0.29, 0.717) is 35.8 Å². The van der Waals surface area contributed by atoms with Crippen LogP contribution >= 0.6 is 23.2 Å². The fourth-order valence-electron chi connectivity index (χ4n) is 7.62. The number of aromatic nitrogens is 5. The first-order chi connectivity index (χ1) is 21.5. The van der Waals surface area contributed by atoms with E-state index in [9.17, 15) is 4.79 Å². The van der Waals surface area contributed by atoms with Crippen molar-refractivity contribution < 1.29 is 9.53 Å². The Kier molecular flexibility index (Phi) is 6.47. The molecule has 1 aliphatic heterocycles. The number of piperidine rings is 1. The zero-order chi connectivity index (χ0) is 31.4. The fraction of sp³-hybridized carbons (Fsp3) is 0.424. The van der Waals surface area contributed by atoms with E-state index >= 15 is 0 Å². The molecular formula is C33H36Cl2N8O2. The van der Waals surface area contributed by atoms with Crippen molar-refractivity contribution >= 4 is 62.4 Å². The van der Waals surface area contributed by atoms with Crippen LogP contribution < -0.4 is 15.8 Å². The minimum atomic E-state index is -0.751. The third-order valence-electron chi connectivity index (χ3n) is 10.1. The van der Waals surface area contributed by atoms with Crippen molar-refractivity contribution in [3.8, 4) is 17.3 Å². The lowest BCUT2D eigenvalue weighted by molar-refractivity contribution is 0.0700. The SMILES string of the molecule is COc1cc(C(=O)N2C[C@H]3CC[C@@H]2[C@@H]3N)cc2nc(-c3cc4cccc(Nc5cn(C)nc5C)c4n3CC3CC3(Cl)Cl)n(C)c12. The van der Waals surface area contributed by atoms with E-state index in [1.54, 1.807) is 11.8 Å². The first kappa shape index (κ1) is 28.7. The van der Waals surface area contributed by atoms with Crippen LogP contribution in [-0.4, -0.2) is 64.8 Å². The highest BCUT2D eigenvalue weighted by Gasteiger charge is 2.52. The number of alkyl halides is 2. The summed E-state index contributed by atoms with van der Waals surface area (Å²) in [5, 5.41) is 9.17. The van der Waals surface area contributed by atoms with Crippen LogP contribution in [0.1, 0.15) is 35.3 Å². The van der Waals surface area contributed by atoms with Crippen molar-refractivity contribution in [1.82, 2.24) is 28.8 Å². The molecule has 3 aliphatic rings. The quantitative estimate of drug-likeness (QED) is 0.218. The molecule has 0 radical (unpaired) electrons. The molecule has 3 fully saturated rings. The van der Waals surface area contributed by atoms with Gasteiger partial charge in [0, 0.05) is 62.3 Å². The smallest absolute Gasteiger partial charge is 0.254 e. The van der Waals surface area contributed by atoms with E-state index in [1.165, 1.54) is 0 Å². The molecule has 45 heavy (non-hydrogen) atoms. The molecule has 8 rings (SSSR count). The maximum absolute atomic E-state index is 13.8. The molecule has 0 spiro atoms. The number of anilines is 2. The van der Waals surface area contributed by atoms with Crippen LogP contribution in [0.5, 0.6) is 5.75 Å². The molecule has 2 bridgehead atoms. The highest BCUT2D eigenvalue weighted by molar-refractivity contribution is 6.50. The highest BCUT2D eigenvalue weighted by atomic mass is 35.5. The fourth-order valence-corrected chi connectivity index (χ4v) is 8.13. The Hall–Kier alpha value is -3.73. The second-order valence-corrected chi connectivity index (χ2v) is 14.5. The summed E-state index contributed by atoms with van der Waals surface area (Å²) in [5.41, 5.74) is 13.3. The van der Waals surface area contributed by atoms with Gasteiger partial charge in [0.2, 0.25) is 0 Å². The third kappa shape index (κ3) is 4.52. The Morgan fingerprint density at radius 2 is 1.96 bits per heavy atom. The number of carbonyl (C=O) groups excluding carboxylic acids is 1. The van der Waals surface area contributed by atoms with E-state index in [2.05, 4.69) is 33.2 Å². The van der Waals surface area contributed by atoms with Crippen molar-refractivity contribution in [2.45, 2.75) is 49.1 Å². The van der Waals surface area contributed by atoms with Gasteiger partial charge in [0.25, 0.3) is 5.91 Å². The first-order valence-electron chi connectivity index (χ1n) is 15.4. The van der Waals surface area contributed by atoms with Gasteiger partial charge in [0.1, 0.15) is 15.6 Å². The molecule has 2 aromatic carbocycles. The molecule has 1 amide bonds. The van der Waals surface area contributed by atoms with Crippen LogP contribution in [0, 0.1) is 18.8 Å². The molecule has 3 N–H and O–H groups in total. The standard InChI is InChI=1S/C33H36Cl2N8O2/c1-17-24(16-40(2)39-17)37-22-7-5-6-18-11-26(42(29(18)22)15-21-13-33(21,34)35)31-38-23-10-20(12-27(45-4)30(23)41(31)3)32(44)43-14-19-8-9-25(43)28(19)36/h5-7,10-12,16,19,21,25,28,37H,8-9,13-15,36H2,1-4H3/t19-,21?,25-,28-/m1/s1. The van der Waals surface area contributed by atoms with Crippen molar-refractivity contribution in [3.63, 3.8) is 0 Å². The van der Waals surface area contributed by atoms with E-state index < -0.39 is 4.33 Å². The maximum atomic E-state index is 13.8. The van der Waals surface area contributed by atoms with Gasteiger partial charge < -0.3 is 29.8 Å². The number of rotatable bonds is 7. The average molecular weight is 648 g/mol. The number of halogens is 2. The summed E-state index contributed by atoms with van der Waals surface area (Å²) < 4.78 is 11.2. The van der Waals surface area contributed by atoms with Crippen LogP contribution in [0.15, 0.2) is 42.6 Å². The minimum absolute atomic E-state index is 0.0186. The van der Waals surface area contributed by atoms with Crippen molar-refractivity contribution in [2.24, 2.45) is 31.7 Å². The Balaban J connectivity index is 1.26. The second-order valence-electron chi connectivity index (χ2n) is 13.0. The normalized spacial score (nSPS) is 23.4. The minimum Gasteiger partial charge on any atom is -0.494 e. The zero-order valence-electron chi connectivity index (χ0n) is 25.7. The summed E-state index contributed by atoms with van der Waals surface area (Å²) in [6.45, 7) is 3.32. The number of hydrogen-bond donors (Lipinski definition) is 2. The Bertz CT molecular complexity index is 2010. The van der Waals surface area contributed by atoms with Crippen molar-refractivity contribution in [1.29, 1.82) is 0 Å². The highest BCUT2D eigenvalue weighted by Crippen LogP contribution is 2.55. The molecule has 10 nitrogen and oxygen atoms in total. The lowest BCUT2D eigenvalue weighted by atomic mass is 10.1. The largest absolute Gasteiger partial charge is 0.494 e. The molecule has 12 heteroatoms. The molecule has 1 saturated heterocycles. The van der Waals surface area contributed by atoms with Gasteiger partial charge >= 0.3 is 0 Å². The summed E-state index contributed by atoms with van der Waals surface area (Å²) in [5.74, 6) is 1.81. The van der Waals surface area contributed by atoms with Gasteiger partial charge in [-0.3, -0.25) is 9.48 Å². The summed E-state index contributed by atoms with van der Waals surface area (Å²) in [7, 11) is 5.53. The lowest BCUT2D eigenvalue weighted by Gasteiger charge is -2.27. The summed E-state index contributed by atoms with van der Waals surface area (Å²) in [6.07, 6.45) is 4.74. The number of aryl methyl sites for hydroxylation is 3. The van der Waals surface area contributed by atoms with Crippen LogP contribution in [0.2, 0.25) is 0 Å². The number of amides is 1. The summed E-state index contributed by atoms with van der Waals surface area (Å²) >= 11 is 13.2. The number of nitrogens with zero attached hydrogens (tertiary/aromatic N) is 6. The number of para-hydroxylation sites is 1. The van der Waals surface area contributed by atoms with Crippen LogP contribution in [0.4, 0.5) is 11.4 Å². The van der Waals surface area contributed by atoms with Gasteiger partial charge in [-0.15, -0.1) is 23.2 Å². The summed E-state index contributed by atoms with van der Waals surface area (Å²) in [6, 6.07) is 12.2. The lowest BCUT2D eigenvalue weighted by Crippen LogP contribution is -2.41. The topological polar surface area (TPSA) is 108 Å². The van der Waals surface area contributed by atoms with Gasteiger partial charge in [-0.25, -0.2) is 4.98 Å². The number of fused-ring (bicyclic) bond motifs is 4. The number of benzene rings is 2. The number of carbonyl (C=O) groups is 1. The van der Waals surface area contributed by atoms with Crippen molar-refractivity contribution in [2.75, 3.05) is 19.0 Å². The van der Waals surface area contributed by atoms with Crippen LogP contribution in [0.3, 0.4) is 0 Å². The Labute approximate surface area is 271 Å². The zero-order valence-corrected chi connectivity index (χ0v) is 27.2. The average Bonchev–Trinajstić information content (AvgIpc) is 3.55. The van der Waals surface area contributed by atoms with E-state index in [-0.39, 0.29) is 23.9 Å². The van der Waals surface area contributed by atoms with Crippen LogP contribution in [0.25, 0.3) is 33.5 Å². The Morgan fingerprint density at radius 3 is 2.60 bits per heavy atom. The number of methoxy groups -OCH3 is 1. The maximum Gasteiger partial charge on any atom is 0.254 e. The number of nitrogens with two attached hydrogens (primary N) is 1. The van der Waals surface area contributed by atoms with Crippen molar-refractivity contribution in [3.05, 3.63) is 53.9 Å². The molecule has 2 aliphatic carbocycles. The van der Waals surface area contributed by atoms with E-state index in [0.717, 1.165) is 64.3 Å². The number of hydrogen-bond acceptors (Lipinski definition) is 6. The van der Waals surface area contributed by atoms with E-state index in [1.807, 2.05) is 54.9 Å². The summed E-state index contributed by atoms with van der Waals surface area (Å²) in [4.78, 5) is 20.9. The molecule has 4 atom stereocenters. The van der Waals surface area contributed by atoms with Gasteiger partial charge in [-0.2, -0.15) is 5.10 Å². The van der Waals surface area contributed by atoms with Gasteiger partial charge in [0.15, 0.2) is 5.82 Å². The number of likely N-dealkylation sites (tertiary alicyclic amines) is 1. The van der Waals surface area contributed by atoms with E-state index in [4.69, 9.17) is 38.7 Å². The van der Waals surface area contributed by atoms with Gasteiger partial charge in [-0.1, -0.05) is 12.1 Å². The predicted molar refractivity (Wildman–Crippen MR) is 177 cm³/mol.